The monoisotopic (exact) mass is 518 g/mol. The molecule has 0 bridgehead atoms. The lowest BCUT2D eigenvalue weighted by Crippen LogP contribution is -2.25. The molecule has 0 atom stereocenters. The van der Waals surface area contributed by atoms with Crippen LogP contribution in [0.4, 0.5) is 0 Å². The number of carboxylic acids is 1. The predicted octanol–water partition coefficient (Wildman–Crippen LogP) is 6.09. The van der Waals surface area contributed by atoms with Crippen molar-refractivity contribution in [1.29, 1.82) is 0 Å². The molecule has 2 N–H and O–H groups in total. The number of nitrogens with one attached hydrogen (secondary N) is 1. The topological polar surface area (TPSA) is 89.8 Å². The van der Waals surface area contributed by atoms with E-state index in [9.17, 15) is 9.59 Å². The number of thiophene rings is 1. The van der Waals surface area contributed by atoms with Gasteiger partial charge in [-0.15, -0.1) is 11.3 Å². The van der Waals surface area contributed by atoms with Crippen molar-refractivity contribution in [3.63, 3.8) is 0 Å². The number of carbonyl (C=O) groups excluding carboxylic acids is 1. The van der Waals surface area contributed by atoms with Crippen LogP contribution in [0.25, 0.3) is 21.3 Å². The molecule has 4 rings (SSSR count). The molecule has 2 heterocycles. The SMILES string of the molecule is COc1ccc(-c2ccc(CCC(=O)O)n2NC(=O)c2sc3c(Cl)c(OC)ccc3c2Cl)cc1. The Balaban J connectivity index is 1.73. The number of ether oxygens (including phenoxy) is 2. The van der Waals surface area contributed by atoms with Gasteiger partial charge < -0.3 is 14.6 Å². The number of carboxylic acid groups (broad SMARTS) is 1. The molecule has 0 saturated carbocycles. The summed E-state index contributed by atoms with van der Waals surface area (Å²) < 4.78 is 12.7. The molecule has 10 heteroatoms. The van der Waals surface area contributed by atoms with Gasteiger partial charge in [-0.05, 0) is 48.5 Å². The first kappa shape index (κ1) is 23.9. The van der Waals surface area contributed by atoms with Gasteiger partial charge in [-0.25, -0.2) is 0 Å². The molecule has 0 unspecified atom stereocenters. The number of fused-ring (bicyclic) bond motifs is 1. The van der Waals surface area contributed by atoms with Gasteiger partial charge >= 0.3 is 5.97 Å². The number of rotatable bonds is 8. The minimum Gasteiger partial charge on any atom is -0.497 e. The van der Waals surface area contributed by atoms with E-state index in [0.717, 1.165) is 16.9 Å². The fourth-order valence-corrected chi connectivity index (χ4v) is 5.35. The van der Waals surface area contributed by atoms with Gasteiger partial charge in [0.2, 0.25) is 0 Å². The lowest BCUT2D eigenvalue weighted by atomic mass is 10.1. The second kappa shape index (κ2) is 9.97. The highest BCUT2D eigenvalue weighted by atomic mass is 35.5. The summed E-state index contributed by atoms with van der Waals surface area (Å²) in [5.41, 5.74) is 5.02. The van der Waals surface area contributed by atoms with Crippen LogP contribution in [0.15, 0.2) is 48.5 Å². The molecule has 0 aliphatic rings. The van der Waals surface area contributed by atoms with Crippen LogP contribution in [-0.2, 0) is 11.2 Å². The third-order valence-electron chi connectivity index (χ3n) is 5.28. The van der Waals surface area contributed by atoms with Crippen molar-refractivity contribution < 1.29 is 24.2 Å². The van der Waals surface area contributed by atoms with E-state index in [4.69, 9.17) is 37.8 Å². The molecule has 0 radical (unpaired) electrons. The Morgan fingerprint density at radius 3 is 2.38 bits per heavy atom. The van der Waals surface area contributed by atoms with Crippen LogP contribution in [0, 0.1) is 0 Å². The van der Waals surface area contributed by atoms with Crippen LogP contribution in [0.2, 0.25) is 10.0 Å². The molecule has 0 fully saturated rings. The van der Waals surface area contributed by atoms with Gasteiger partial charge in [0.1, 0.15) is 21.4 Å². The zero-order chi connectivity index (χ0) is 24.4. The van der Waals surface area contributed by atoms with E-state index in [1.54, 1.807) is 30.0 Å². The van der Waals surface area contributed by atoms with Gasteiger partial charge in [-0.2, -0.15) is 0 Å². The fraction of sp³-hybridized carbons (Fsp3) is 0.167. The Labute approximate surface area is 209 Å². The standard InChI is InChI=1S/C24H20Cl2N2O5S/c1-32-15-7-3-13(4-8-15)17-10-5-14(6-12-19(29)30)28(17)27-24(31)23-20(25)16-9-11-18(33-2)21(26)22(16)34-23/h3-5,7-11H,6,12H2,1-2H3,(H,27,31)(H,29,30). The van der Waals surface area contributed by atoms with Crippen LogP contribution >= 0.6 is 34.5 Å². The second-order valence-corrected chi connectivity index (χ2v) is 9.09. The zero-order valence-electron chi connectivity index (χ0n) is 18.2. The quantitative estimate of drug-likeness (QED) is 0.294. The highest BCUT2D eigenvalue weighted by Gasteiger charge is 2.22. The average Bonchev–Trinajstić information content (AvgIpc) is 3.39. The molecule has 2 aromatic heterocycles. The van der Waals surface area contributed by atoms with Crippen molar-refractivity contribution in [2.24, 2.45) is 0 Å². The number of amides is 1. The summed E-state index contributed by atoms with van der Waals surface area (Å²) in [6.45, 7) is 0. The molecule has 0 aliphatic heterocycles. The minimum absolute atomic E-state index is 0.0824. The Bertz CT molecular complexity index is 1380. The number of aromatic nitrogens is 1. The van der Waals surface area contributed by atoms with Gasteiger partial charge in [0.25, 0.3) is 5.91 Å². The van der Waals surface area contributed by atoms with Gasteiger partial charge in [-0.3, -0.25) is 19.7 Å². The Hall–Kier alpha value is -3.20. The van der Waals surface area contributed by atoms with E-state index >= 15 is 0 Å². The van der Waals surface area contributed by atoms with Gasteiger partial charge in [-0.1, -0.05) is 23.2 Å². The minimum atomic E-state index is -0.929. The first-order valence-corrected chi connectivity index (χ1v) is 11.7. The van der Waals surface area contributed by atoms with E-state index in [2.05, 4.69) is 5.43 Å². The molecular weight excluding hydrogens is 499 g/mol. The van der Waals surface area contributed by atoms with Crippen molar-refractivity contribution in [2.75, 3.05) is 19.6 Å². The number of benzene rings is 2. The maximum Gasteiger partial charge on any atom is 0.303 e. The molecule has 1 amide bonds. The van der Waals surface area contributed by atoms with Crippen molar-refractivity contribution in [1.82, 2.24) is 4.68 Å². The Morgan fingerprint density at radius 2 is 1.74 bits per heavy atom. The molecule has 2 aromatic carbocycles. The lowest BCUT2D eigenvalue weighted by molar-refractivity contribution is -0.136. The van der Waals surface area contributed by atoms with Crippen LogP contribution in [0.5, 0.6) is 11.5 Å². The zero-order valence-corrected chi connectivity index (χ0v) is 20.6. The summed E-state index contributed by atoms with van der Waals surface area (Å²) in [5.74, 6) is -0.187. The molecule has 34 heavy (non-hydrogen) atoms. The number of hydrogen-bond donors (Lipinski definition) is 2. The summed E-state index contributed by atoms with van der Waals surface area (Å²) in [4.78, 5) is 24.8. The maximum atomic E-state index is 13.3. The van der Waals surface area contributed by atoms with Crippen molar-refractivity contribution in [2.45, 2.75) is 12.8 Å². The third-order valence-corrected chi connectivity index (χ3v) is 7.50. The Kier molecular flexibility index (Phi) is 7.02. The van der Waals surface area contributed by atoms with Crippen LogP contribution < -0.4 is 14.9 Å². The molecule has 0 aliphatic carbocycles. The van der Waals surface area contributed by atoms with Crippen LogP contribution in [0.1, 0.15) is 21.8 Å². The highest BCUT2D eigenvalue weighted by molar-refractivity contribution is 7.22. The fourth-order valence-electron chi connectivity index (χ4n) is 3.56. The largest absolute Gasteiger partial charge is 0.497 e. The summed E-state index contributed by atoms with van der Waals surface area (Å²) in [6.07, 6.45) is 0.149. The van der Waals surface area contributed by atoms with Gasteiger partial charge in [0.15, 0.2) is 0 Å². The number of halogens is 2. The highest BCUT2D eigenvalue weighted by Crippen LogP contribution is 2.43. The maximum absolute atomic E-state index is 13.3. The predicted molar refractivity (Wildman–Crippen MR) is 134 cm³/mol. The number of methoxy groups -OCH3 is 2. The first-order valence-electron chi connectivity index (χ1n) is 10.2. The van der Waals surface area contributed by atoms with E-state index < -0.39 is 11.9 Å². The molecular formula is C24H20Cl2N2O5S. The molecule has 7 nitrogen and oxygen atoms in total. The van der Waals surface area contributed by atoms with Gasteiger partial charge in [0.05, 0.1) is 36.1 Å². The Morgan fingerprint density at radius 1 is 1.00 bits per heavy atom. The van der Waals surface area contributed by atoms with Crippen molar-refractivity contribution in [3.8, 4) is 22.8 Å². The molecule has 176 valence electrons. The van der Waals surface area contributed by atoms with Gasteiger partial charge in [0, 0.05) is 23.1 Å². The summed E-state index contributed by atoms with van der Waals surface area (Å²) in [6, 6.07) is 14.4. The van der Waals surface area contributed by atoms with E-state index in [1.165, 1.54) is 7.11 Å². The second-order valence-electron chi connectivity index (χ2n) is 7.31. The summed E-state index contributed by atoms with van der Waals surface area (Å²) in [7, 11) is 3.10. The lowest BCUT2D eigenvalue weighted by Gasteiger charge is -2.15. The summed E-state index contributed by atoms with van der Waals surface area (Å²) in [5, 5.41) is 10.5. The van der Waals surface area contributed by atoms with E-state index in [0.29, 0.717) is 38.0 Å². The normalized spacial score (nSPS) is 10.9. The molecule has 0 saturated heterocycles. The smallest absolute Gasteiger partial charge is 0.303 e. The van der Waals surface area contributed by atoms with Crippen molar-refractivity contribution >= 4 is 56.5 Å². The number of aliphatic carboxylic acids is 1. The summed E-state index contributed by atoms with van der Waals surface area (Å²) >= 11 is 14.1. The first-order chi connectivity index (χ1) is 16.3. The number of hydrogen-bond acceptors (Lipinski definition) is 5. The molecule has 4 aromatic rings. The number of carbonyl (C=O) groups is 2. The average molecular weight is 519 g/mol. The molecule has 0 spiro atoms. The number of aryl methyl sites for hydroxylation is 1. The number of nitrogens with zero attached hydrogens (tertiary/aromatic N) is 1. The van der Waals surface area contributed by atoms with E-state index in [1.807, 2.05) is 30.3 Å². The third kappa shape index (κ3) is 4.57. The van der Waals surface area contributed by atoms with Crippen LogP contribution in [-0.4, -0.2) is 35.9 Å². The van der Waals surface area contributed by atoms with Crippen molar-refractivity contribution in [3.05, 3.63) is 69.1 Å². The van der Waals surface area contributed by atoms with Crippen LogP contribution in [0.3, 0.4) is 0 Å². The van der Waals surface area contributed by atoms with E-state index in [-0.39, 0.29) is 22.7 Å².